The van der Waals surface area contributed by atoms with Crippen molar-refractivity contribution < 1.29 is 18.6 Å². The molecule has 0 saturated heterocycles. The maximum atomic E-state index is 13.5. The lowest BCUT2D eigenvalue weighted by molar-refractivity contribution is 0.404. The van der Waals surface area contributed by atoms with Gasteiger partial charge in [-0.15, -0.1) is 0 Å². The Morgan fingerprint density at radius 3 is 2.14 bits per heavy atom. The van der Waals surface area contributed by atoms with E-state index in [1.165, 1.54) is 12.1 Å². The fourth-order valence-electron chi connectivity index (χ4n) is 3.13. The van der Waals surface area contributed by atoms with E-state index in [-0.39, 0.29) is 26.5 Å². The number of aromatic nitrogens is 1. The summed E-state index contributed by atoms with van der Waals surface area (Å²) in [7, 11) is -4.18. The minimum absolute atomic E-state index is 0.00850. The SMILES string of the molecule is O=c1cc(-c2ccccc2Cl)n(S(=O)(=O)c2ccccc2)c2cc(O)c(O)cc12. The molecule has 0 spiro atoms. The van der Waals surface area contributed by atoms with Crippen LogP contribution in [0.1, 0.15) is 0 Å². The Bertz CT molecular complexity index is 1410. The molecule has 1 aromatic heterocycles. The topological polar surface area (TPSA) is 96.6 Å². The van der Waals surface area contributed by atoms with Crippen molar-refractivity contribution >= 4 is 32.5 Å². The van der Waals surface area contributed by atoms with Crippen molar-refractivity contribution in [3.63, 3.8) is 0 Å². The van der Waals surface area contributed by atoms with Gasteiger partial charge < -0.3 is 10.2 Å². The first-order chi connectivity index (χ1) is 13.8. The van der Waals surface area contributed by atoms with E-state index in [0.29, 0.717) is 5.56 Å². The number of aromatic hydroxyl groups is 2. The minimum Gasteiger partial charge on any atom is -0.504 e. The summed E-state index contributed by atoms with van der Waals surface area (Å²) < 4.78 is 28.0. The van der Waals surface area contributed by atoms with Crippen LogP contribution in [-0.4, -0.2) is 22.6 Å². The summed E-state index contributed by atoms with van der Waals surface area (Å²) in [5, 5.41) is 20.0. The number of hydrogen-bond acceptors (Lipinski definition) is 5. The van der Waals surface area contributed by atoms with E-state index in [0.717, 1.165) is 22.2 Å². The molecule has 0 aliphatic heterocycles. The van der Waals surface area contributed by atoms with Gasteiger partial charge in [-0.1, -0.05) is 48.0 Å². The Labute approximate surface area is 170 Å². The van der Waals surface area contributed by atoms with Crippen molar-refractivity contribution in [1.29, 1.82) is 0 Å². The van der Waals surface area contributed by atoms with Gasteiger partial charge in [-0.05, 0) is 24.3 Å². The number of pyridine rings is 1. The predicted molar refractivity (Wildman–Crippen MR) is 111 cm³/mol. The van der Waals surface area contributed by atoms with Crippen LogP contribution in [0.5, 0.6) is 11.5 Å². The first kappa shape index (κ1) is 19.0. The van der Waals surface area contributed by atoms with Gasteiger partial charge in [-0.2, -0.15) is 0 Å². The molecule has 146 valence electrons. The summed E-state index contributed by atoms with van der Waals surface area (Å²) >= 11 is 6.29. The monoisotopic (exact) mass is 427 g/mol. The van der Waals surface area contributed by atoms with Gasteiger partial charge in [0.2, 0.25) is 0 Å². The van der Waals surface area contributed by atoms with Crippen molar-refractivity contribution in [2.75, 3.05) is 0 Å². The molecule has 4 aromatic rings. The third-order valence-electron chi connectivity index (χ3n) is 4.49. The zero-order chi connectivity index (χ0) is 20.8. The lowest BCUT2D eigenvalue weighted by Crippen LogP contribution is -2.20. The van der Waals surface area contributed by atoms with E-state index < -0.39 is 27.0 Å². The van der Waals surface area contributed by atoms with Gasteiger partial charge in [-0.3, -0.25) is 4.79 Å². The summed E-state index contributed by atoms with van der Waals surface area (Å²) in [6, 6.07) is 17.5. The molecule has 2 N–H and O–H groups in total. The predicted octanol–water partition coefficient (Wildman–Crippen LogP) is 3.97. The summed E-state index contributed by atoms with van der Waals surface area (Å²) in [5.41, 5.74) is -0.224. The molecular weight excluding hydrogens is 414 g/mol. The molecule has 1 heterocycles. The average Bonchev–Trinajstić information content (AvgIpc) is 2.70. The van der Waals surface area contributed by atoms with Gasteiger partial charge in [0.25, 0.3) is 10.0 Å². The molecule has 0 radical (unpaired) electrons. The van der Waals surface area contributed by atoms with Gasteiger partial charge in [0.05, 0.1) is 21.5 Å². The van der Waals surface area contributed by atoms with Crippen molar-refractivity contribution in [3.05, 3.63) is 88.0 Å². The van der Waals surface area contributed by atoms with Gasteiger partial charge in [0.15, 0.2) is 16.9 Å². The van der Waals surface area contributed by atoms with Crippen LogP contribution in [0.3, 0.4) is 0 Å². The highest BCUT2D eigenvalue weighted by atomic mass is 35.5. The van der Waals surface area contributed by atoms with Crippen LogP contribution >= 0.6 is 11.6 Å². The molecule has 4 rings (SSSR count). The smallest absolute Gasteiger partial charge is 0.268 e. The third-order valence-corrected chi connectivity index (χ3v) is 6.57. The van der Waals surface area contributed by atoms with E-state index in [2.05, 4.69) is 0 Å². The van der Waals surface area contributed by atoms with Crippen molar-refractivity contribution in [3.8, 4) is 22.8 Å². The Morgan fingerprint density at radius 2 is 1.45 bits per heavy atom. The number of rotatable bonds is 3. The lowest BCUT2D eigenvalue weighted by Gasteiger charge is -2.18. The highest BCUT2D eigenvalue weighted by Gasteiger charge is 2.25. The largest absolute Gasteiger partial charge is 0.504 e. The van der Waals surface area contributed by atoms with Crippen LogP contribution in [0.15, 0.2) is 82.5 Å². The molecule has 8 heteroatoms. The van der Waals surface area contributed by atoms with Gasteiger partial charge in [0, 0.05) is 22.7 Å². The maximum Gasteiger partial charge on any atom is 0.268 e. The molecule has 0 atom stereocenters. The maximum absolute atomic E-state index is 13.5. The van der Waals surface area contributed by atoms with Gasteiger partial charge >= 0.3 is 0 Å². The fraction of sp³-hybridized carbons (Fsp3) is 0. The zero-order valence-corrected chi connectivity index (χ0v) is 16.4. The molecule has 0 aliphatic carbocycles. The van der Waals surface area contributed by atoms with Crippen molar-refractivity contribution in [1.82, 2.24) is 3.97 Å². The standard InChI is InChI=1S/C21H14ClNO5S/c22-16-9-5-4-8-14(16)17-11-19(24)15-10-20(25)21(26)12-18(15)23(17)29(27,28)13-6-2-1-3-7-13/h1-12,25-26H. The normalized spacial score (nSPS) is 11.6. The first-order valence-electron chi connectivity index (χ1n) is 8.48. The Hall–Kier alpha value is -3.29. The van der Waals surface area contributed by atoms with E-state index in [9.17, 15) is 23.4 Å². The Morgan fingerprint density at radius 1 is 0.828 bits per heavy atom. The molecule has 29 heavy (non-hydrogen) atoms. The highest BCUT2D eigenvalue weighted by molar-refractivity contribution is 7.90. The quantitative estimate of drug-likeness (QED) is 0.482. The number of phenols is 2. The number of nitrogens with zero attached hydrogens (tertiary/aromatic N) is 1. The Kier molecular flexibility index (Phi) is 4.56. The number of phenolic OH excluding ortho intramolecular Hbond substituents is 2. The Balaban J connectivity index is 2.23. The van der Waals surface area contributed by atoms with Crippen LogP contribution < -0.4 is 5.43 Å². The van der Waals surface area contributed by atoms with Gasteiger partial charge in [-0.25, -0.2) is 12.4 Å². The fourth-order valence-corrected chi connectivity index (χ4v) is 4.90. The second kappa shape index (κ2) is 6.95. The second-order valence-electron chi connectivity index (χ2n) is 6.31. The van der Waals surface area contributed by atoms with Crippen LogP contribution in [0.2, 0.25) is 5.02 Å². The van der Waals surface area contributed by atoms with E-state index in [1.807, 2.05) is 0 Å². The summed E-state index contributed by atoms with van der Waals surface area (Å²) in [6.07, 6.45) is 0. The zero-order valence-electron chi connectivity index (χ0n) is 14.8. The average molecular weight is 428 g/mol. The van der Waals surface area contributed by atoms with Crippen molar-refractivity contribution in [2.24, 2.45) is 0 Å². The first-order valence-corrected chi connectivity index (χ1v) is 10.3. The summed E-state index contributed by atoms with van der Waals surface area (Å²) in [5.74, 6) is -1.08. The van der Waals surface area contributed by atoms with E-state index >= 15 is 0 Å². The number of benzene rings is 3. The molecule has 3 aromatic carbocycles. The highest BCUT2D eigenvalue weighted by Crippen LogP contribution is 2.35. The van der Waals surface area contributed by atoms with Gasteiger partial charge in [0.1, 0.15) is 0 Å². The third kappa shape index (κ3) is 3.14. The van der Waals surface area contributed by atoms with E-state index in [4.69, 9.17) is 11.6 Å². The minimum atomic E-state index is -4.18. The van der Waals surface area contributed by atoms with Crippen LogP contribution in [0.4, 0.5) is 0 Å². The number of hydrogen-bond donors (Lipinski definition) is 2. The summed E-state index contributed by atoms with van der Waals surface area (Å²) in [4.78, 5) is 12.7. The molecule has 0 bridgehead atoms. The second-order valence-corrected chi connectivity index (χ2v) is 8.51. The van der Waals surface area contributed by atoms with E-state index in [1.54, 1.807) is 42.5 Å². The molecule has 0 fully saturated rings. The lowest BCUT2D eigenvalue weighted by atomic mass is 10.1. The van der Waals surface area contributed by atoms with Crippen LogP contribution in [-0.2, 0) is 10.0 Å². The van der Waals surface area contributed by atoms with Crippen LogP contribution in [0, 0.1) is 0 Å². The summed E-state index contributed by atoms with van der Waals surface area (Å²) in [6.45, 7) is 0. The number of halogens is 1. The molecule has 0 aliphatic rings. The molecular formula is C21H14ClNO5S. The van der Waals surface area contributed by atoms with Crippen LogP contribution in [0.25, 0.3) is 22.2 Å². The molecule has 0 unspecified atom stereocenters. The molecule has 6 nitrogen and oxygen atoms in total. The van der Waals surface area contributed by atoms with Crippen molar-refractivity contribution in [2.45, 2.75) is 4.90 Å². The molecule has 0 saturated carbocycles. The number of fused-ring (bicyclic) bond motifs is 1. The molecule has 0 amide bonds.